The Hall–Kier alpha value is -1.39. The third-order valence-electron chi connectivity index (χ3n) is 2.79. The molecule has 1 aromatic carbocycles. The van der Waals surface area contributed by atoms with Gasteiger partial charge in [-0.3, -0.25) is 4.79 Å². The van der Waals surface area contributed by atoms with E-state index in [4.69, 9.17) is 4.74 Å². The summed E-state index contributed by atoms with van der Waals surface area (Å²) in [6, 6.07) is 7.33. The molecular formula is C16H26N2O2. The monoisotopic (exact) mass is 278 g/mol. The Morgan fingerprint density at radius 3 is 2.45 bits per heavy atom. The molecule has 0 heterocycles. The molecule has 0 spiro atoms. The fourth-order valence-electron chi connectivity index (χ4n) is 1.82. The van der Waals surface area contributed by atoms with Crippen LogP contribution < -0.4 is 10.1 Å². The molecule has 1 rings (SSSR count). The maximum absolute atomic E-state index is 12.0. The zero-order valence-corrected chi connectivity index (χ0v) is 13.0. The normalized spacial score (nSPS) is 11.1. The number of rotatable bonds is 9. The molecule has 0 fully saturated rings. The highest BCUT2D eigenvalue weighted by Crippen LogP contribution is 2.13. The van der Waals surface area contributed by atoms with Crippen LogP contribution in [-0.4, -0.2) is 50.5 Å². The second-order valence-corrected chi connectivity index (χ2v) is 5.45. The average molecular weight is 278 g/mol. The third-order valence-corrected chi connectivity index (χ3v) is 2.79. The number of hydrogen-bond acceptors (Lipinski definition) is 4. The predicted octanol–water partition coefficient (Wildman–Crippen LogP) is 2.20. The van der Waals surface area contributed by atoms with Crippen molar-refractivity contribution in [3.63, 3.8) is 0 Å². The maximum atomic E-state index is 12.0. The summed E-state index contributed by atoms with van der Waals surface area (Å²) in [5.41, 5.74) is 0.723. The van der Waals surface area contributed by atoms with Gasteiger partial charge in [0.1, 0.15) is 5.75 Å². The van der Waals surface area contributed by atoms with Crippen molar-refractivity contribution in [2.75, 3.05) is 33.7 Å². The standard InChI is InChI=1S/C16H26N2O2/c1-13(2)20-15-8-6-14(7-9-15)16(19)12-17-10-5-11-18(3)4/h6-9,13,17H,5,10-12H2,1-4H3. The molecule has 0 radical (unpaired) electrons. The van der Waals surface area contributed by atoms with Gasteiger partial charge in [0.2, 0.25) is 0 Å². The van der Waals surface area contributed by atoms with Gasteiger partial charge in [-0.25, -0.2) is 0 Å². The van der Waals surface area contributed by atoms with Crippen LogP contribution in [0.4, 0.5) is 0 Å². The molecule has 1 N–H and O–H groups in total. The van der Waals surface area contributed by atoms with E-state index in [1.807, 2.05) is 52.2 Å². The van der Waals surface area contributed by atoms with Crippen LogP contribution in [0.15, 0.2) is 24.3 Å². The Morgan fingerprint density at radius 1 is 1.25 bits per heavy atom. The second-order valence-electron chi connectivity index (χ2n) is 5.45. The van der Waals surface area contributed by atoms with Gasteiger partial charge in [0.25, 0.3) is 0 Å². The summed E-state index contributed by atoms with van der Waals surface area (Å²) in [6.45, 7) is 6.24. The summed E-state index contributed by atoms with van der Waals surface area (Å²) in [4.78, 5) is 14.1. The molecule has 0 aliphatic carbocycles. The molecule has 0 saturated heterocycles. The lowest BCUT2D eigenvalue weighted by Gasteiger charge is -2.10. The lowest BCUT2D eigenvalue weighted by molar-refractivity contribution is 0.0991. The Balaban J connectivity index is 2.32. The summed E-state index contributed by atoms with van der Waals surface area (Å²) in [7, 11) is 4.10. The molecule has 4 heteroatoms. The molecular weight excluding hydrogens is 252 g/mol. The van der Waals surface area contributed by atoms with Gasteiger partial charge in [-0.05, 0) is 71.7 Å². The van der Waals surface area contributed by atoms with E-state index < -0.39 is 0 Å². The van der Waals surface area contributed by atoms with Gasteiger partial charge in [-0.2, -0.15) is 0 Å². The molecule has 112 valence electrons. The minimum atomic E-state index is 0.117. The van der Waals surface area contributed by atoms with Crippen molar-refractivity contribution in [3.8, 4) is 5.75 Å². The molecule has 0 aliphatic heterocycles. The second kappa shape index (κ2) is 8.72. The van der Waals surface area contributed by atoms with Crippen LogP contribution >= 0.6 is 0 Å². The van der Waals surface area contributed by atoms with E-state index in [1.165, 1.54) is 0 Å². The Labute approximate surface area is 122 Å². The zero-order chi connectivity index (χ0) is 15.0. The molecule has 20 heavy (non-hydrogen) atoms. The number of hydrogen-bond donors (Lipinski definition) is 1. The predicted molar refractivity (Wildman–Crippen MR) is 82.6 cm³/mol. The van der Waals surface area contributed by atoms with E-state index in [0.29, 0.717) is 6.54 Å². The number of nitrogens with one attached hydrogen (secondary N) is 1. The largest absolute Gasteiger partial charge is 0.491 e. The summed E-state index contributed by atoms with van der Waals surface area (Å²) < 4.78 is 5.55. The van der Waals surface area contributed by atoms with Gasteiger partial charge in [0.15, 0.2) is 5.78 Å². The number of benzene rings is 1. The summed E-state index contributed by atoms with van der Waals surface area (Å²) in [5.74, 6) is 0.918. The van der Waals surface area contributed by atoms with Crippen LogP contribution in [0.2, 0.25) is 0 Å². The third kappa shape index (κ3) is 6.68. The molecule has 0 saturated carbocycles. The average Bonchev–Trinajstić information content (AvgIpc) is 2.38. The van der Waals surface area contributed by atoms with E-state index in [9.17, 15) is 4.79 Å². The number of carbonyl (C=O) groups is 1. The zero-order valence-electron chi connectivity index (χ0n) is 13.0. The lowest BCUT2D eigenvalue weighted by Crippen LogP contribution is -2.26. The van der Waals surface area contributed by atoms with Gasteiger partial charge in [-0.1, -0.05) is 0 Å². The summed E-state index contributed by atoms with van der Waals surface area (Å²) >= 11 is 0. The molecule has 1 aromatic rings. The van der Waals surface area contributed by atoms with Crippen LogP contribution in [0.5, 0.6) is 5.75 Å². The van der Waals surface area contributed by atoms with Crippen molar-refractivity contribution >= 4 is 5.78 Å². The fraction of sp³-hybridized carbons (Fsp3) is 0.562. The Morgan fingerprint density at radius 2 is 1.90 bits per heavy atom. The van der Waals surface area contributed by atoms with Crippen LogP contribution in [0.25, 0.3) is 0 Å². The Bertz CT molecular complexity index is 399. The van der Waals surface area contributed by atoms with Gasteiger partial charge < -0.3 is 15.0 Å². The first-order valence-corrected chi connectivity index (χ1v) is 7.14. The smallest absolute Gasteiger partial charge is 0.176 e. The first-order valence-electron chi connectivity index (χ1n) is 7.14. The molecule has 0 aromatic heterocycles. The quantitative estimate of drug-likeness (QED) is 0.555. The maximum Gasteiger partial charge on any atom is 0.176 e. The molecule has 0 aliphatic rings. The first kappa shape index (κ1) is 16.7. The summed E-state index contributed by atoms with van der Waals surface area (Å²) in [5, 5.41) is 3.18. The van der Waals surface area contributed by atoms with Crippen molar-refractivity contribution in [2.24, 2.45) is 0 Å². The van der Waals surface area contributed by atoms with E-state index in [-0.39, 0.29) is 11.9 Å². The van der Waals surface area contributed by atoms with Gasteiger partial charge in [0, 0.05) is 5.56 Å². The van der Waals surface area contributed by atoms with Crippen LogP contribution in [0.1, 0.15) is 30.6 Å². The number of ether oxygens (including phenoxy) is 1. The van der Waals surface area contributed by atoms with E-state index in [2.05, 4.69) is 10.2 Å². The number of ketones is 1. The van der Waals surface area contributed by atoms with Gasteiger partial charge in [-0.15, -0.1) is 0 Å². The molecule has 0 unspecified atom stereocenters. The van der Waals surface area contributed by atoms with Crippen molar-refractivity contribution in [1.82, 2.24) is 10.2 Å². The minimum absolute atomic E-state index is 0.117. The van der Waals surface area contributed by atoms with Crippen LogP contribution in [-0.2, 0) is 0 Å². The fourth-order valence-corrected chi connectivity index (χ4v) is 1.82. The van der Waals surface area contributed by atoms with Gasteiger partial charge in [0.05, 0.1) is 12.6 Å². The lowest BCUT2D eigenvalue weighted by atomic mass is 10.1. The molecule has 0 atom stereocenters. The molecule has 0 bridgehead atoms. The highest BCUT2D eigenvalue weighted by atomic mass is 16.5. The van der Waals surface area contributed by atoms with Crippen LogP contribution in [0, 0.1) is 0 Å². The van der Waals surface area contributed by atoms with Crippen molar-refractivity contribution < 1.29 is 9.53 Å². The molecule has 4 nitrogen and oxygen atoms in total. The van der Waals surface area contributed by atoms with E-state index in [1.54, 1.807) is 0 Å². The molecule has 0 amide bonds. The highest BCUT2D eigenvalue weighted by Gasteiger charge is 2.06. The van der Waals surface area contributed by atoms with Crippen LogP contribution in [0.3, 0.4) is 0 Å². The Kier molecular flexibility index (Phi) is 7.26. The van der Waals surface area contributed by atoms with Crippen molar-refractivity contribution in [3.05, 3.63) is 29.8 Å². The number of Topliss-reactive ketones (excluding diaryl/α,β-unsaturated/α-hetero) is 1. The topological polar surface area (TPSA) is 41.6 Å². The van der Waals surface area contributed by atoms with Crippen molar-refractivity contribution in [2.45, 2.75) is 26.4 Å². The first-order chi connectivity index (χ1) is 9.49. The SMILES string of the molecule is CC(C)Oc1ccc(C(=O)CNCCCN(C)C)cc1. The van der Waals surface area contributed by atoms with Crippen molar-refractivity contribution in [1.29, 1.82) is 0 Å². The number of nitrogens with zero attached hydrogens (tertiary/aromatic N) is 1. The van der Waals surface area contributed by atoms with E-state index in [0.717, 1.165) is 30.8 Å². The summed E-state index contributed by atoms with van der Waals surface area (Å²) in [6.07, 6.45) is 1.19. The minimum Gasteiger partial charge on any atom is -0.491 e. The van der Waals surface area contributed by atoms with E-state index >= 15 is 0 Å². The highest BCUT2D eigenvalue weighted by molar-refractivity contribution is 5.97. The van der Waals surface area contributed by atoms with Gasteiger partial charge >= 0.3 is 0 Å². The number of carbonyl (C=O) groups excluding carboxylic acids is 1.